The minimum absolute atomic E-state index is 0.0164. The number of benzene rings is 1. The standard InChI is InChI=1S/C17H20FN3O4/c1-9-6-21(7-10(2)24-9)15-11(8-22)5-12-14(17(23)20(3)4)19-25-16(12)13(15)18/h5,8-10H,6-7H2,1-4H3/t9-,10+. The number of rotatable bonds is 3. The van der Waals surface area contributed by atoms with Crippen molar-refractivity contribution in [3.05, 3.63) is 23.1 Å². The van der Waals surface area contributed by atoms with Crippen LogP contribution in [0.2, 0.25) is 0 Å². The number of amides is 1. The molecule has 25 heavy (non-hydrogen) atoms. The second kappa shape index (κ2) is 6.44. The molecule has 1 amide bonds. The lowest BCUT2D eigenvalue weighted by Gasteiger charge is -2.37. The lowest BCUT2D eigenvalue weighted by molar-refractivity contribution is -0.00543. The van der Waals surface area contributed by atoms with E-state index in [1.165, 1.54) is 11.0 Å². The van der Waals surface area contributed by atoms with Crippen molar-refractivity contribution in [3.8, 4) is 0 Å². The van der Waals surface area contributed by atoms with Crippen molar-refractivity contribution in [3.63, 3.8) is 0 Å². The summed E-state index contributed by atoms with van der Waals surface area (Å²) < 4.78 is 25.9. The number of nitrogens with zero attached hydrogens (tertiary/aromatic N) is 3. The number of aromatic nitrogens is 1. The predicted molar refractivity (Wildman–Crippen MR) is 89.6 cm³/mol. The lowest BCUT2D eigenvalue weighted by Crippen LogP contribution is -2.46. The van der Waals surface area contributed by atoms with Crippen LogP contribution < -0.4 is 4.90 Å². The van der Waals surface area contributed by atoms with Gasteiger partial charge in [-0.05, 0) is 19.9 Å². The van der Waals surface area contributed by atoms with E-state index in [9.17, 15) is 9.59 Å². The summed E-state index contributed by atoms with van der Waals surface area (Å²) in [6, 6.07) is 1.46. The Labute approximate surface area is 144 Å². The van der Waals surface area contributed by atoms with Gasteiger partial charge in [0.1, 0.15) is 0 Å². The van der Waals surface area contributed by atoms with Crippen LogP contribution in [-0.4, -0.2) is 61.6 Å². The highest BCUT2D eigenvalue weighted by Gasteiger charge is 2.30. The van der Waals surface area contributed by atoms with E-state index in [-0.39, 0.29) is 40.1 Å². The third-order valence-corrected chi connectivity index (χ3v) is 4.18. The van der Waals surface area contributed by atoms with E-state index in [1.54, 1.807) is 19.0 Å². The van der Waals surface area contributed by atoms with Crippen LogP contribution in [0.5, 0.6) is 0 Å². The van der Waals surface area contributed by atoms with Gasteiger partial charge >= 0.3 is 0 Å². The summed E-state index contributed by atoms with van der Waals surface area (Å²) in [6.45, 7) is 4.68. The normalized spacial score (nSPS) is 20.8. The summed E-state index contributed by atoms with van der Waals surface area (Å²) in [7, 11) is 3.12. The number of aldehydes is 1. The Hall–Kier alpha value is -2.48. The van der Waals surface area contributed by atoms with Crippen molar-refractivity contribution in [1.82, 2.24) is 10.1 Å². The zero-order chi connectivity index (χ0) is 18.3. The smallest absolute Gasteiger partial charge is 0.276 e. The minimum atomic E-state index is -0.689. The van der Waals surface area contributed by atoms with Gasteiger partial charge in [-0.25, -0.2) is 4.39 Å². The van der Waals surface area contributed by atoms with Crippen LogP contribution in [0.1, 0.15) is 34.7 Å². The summed E-state index contributed by atoms with van der Waals surface area (Å²) in [5.41, 5.74) is 0.168. The SMILES string of the molecule is C[C@@H]1CN(c2c(C=O)cc3c(C(=O)N(C)C)noc3c2F)C[C@H](C)O1. The molecule has 0 unspecified atom stereocenters. The van der Waals surface area contributed by atoms with E-state index < -0.39 is 11.7 Å². The molecule has 7 nitrogen and oxygen atoms in total. The Morgan fingerprint density at radius 2 is 2.00 bits per heavy atom. The number of carbonyl (C=O) groups excluding carboxylic acids is 2. The molecule has 134 valence electrons. The highest BCUT2D eigenvalue weighted by Crippen LogP contribution is 2.34. The molecule has 2 aromatic rings. The highest BCUT2D eigenvalue weighted by molar-refractivity contribution is 6.06. The number of anilines is 1. The number of fused-ring (bicyclic) bond motifs is 1. The van der Waals surface area contributed by atoms with Crippen LogP contribution >= 0.6 is 0 Å². The molecule has 0 spiro atoms. The maximum Gasteiger partial charge on any atom is 0.276 e. The molecular weight excluding hydrogens is 329 g/mol. The molecule has 8 heteroatoms. The van der Waals surface area contributed by atoms with Gasteiger partial charge in [-0.1, -0.05) is 5.16 Å². The molecule has 0 aliphatic carbocycles. The summed E-state index contributed by atoms with van der Waals surface area (Å²) in [5.74, 6) is -1.11. The molecular formula is C17H20FN3O4. The van der Waals surface area contributed by atoms with Crippen LogP contribution in [-0.2, 0) is 4.74 Å². The third-order valence-electron chi connectivity index (χ3n) is 4.18. The van der Waals surface area contributed by atoms with Gasteiger partial charge in [-0.3, -0.25) is 9.59 Å². The fourth-order valence-electron chi connectivity index (χ4n) is 3.19. The van der Waals surface area contributed by atoms with Gasteiger partial charge in [0.15, 0.2) is 17.8 Å². The summed E-state index contributed by atoms with van der Waals surface area (Å²) in [4.78, 5) is 26.8. The van der Waals surface area contributed by atoms with Gasteiger partial charge in [0.25, 0.3) is 5.91 Å². The van der Waals surface area contributed by atoms with Gasteiger partial charge < -0.3 is 19.1 Å². The first-order valence-corrected chi connectivity index (χ1v) is 8.02. The van der Waals surface area contributed by atoms with Crippen molar-refractivity contribution in [2.45, 2.75) is 26.1 Å². The Balaban J connectivity index is 2.16. The average Bonchev–Trinajstić information content (AvgIpc) is 2.96. The summed E-state index contributed by atoms with van der Waals surface area (Å²) in [5, 5.41) is 3.89. The zero-order valence-electron chi connectivity index (χ0n) is 14.6. The first-order chi connectivity index (χ1) is 11.8. The van der Waals surface area contributed by atoms with Crippen molar-refractivity contribution >= 4 is 28.8 Å². The van der Waals surface area contributed by atoms with Crippen LogP contribution in [0.15, 0.2) is 10.6 Å². The van der Waals surface area contributed by atoms with Crippen molar-refractivity contribution in [2.24, 2.45) is 0 Å². The van der Waals surface area contributed by atoms with Gasteiger partial charge in [0.05, 0.1) is 23.3 Å². The van der Waals surface area contributed by atoms with E-state index in [0.717, 1.165) is 0 Å². The molecule has 1 aromatic heterocycles. The molecule has 0 saturated carbocycles. The van der Waals surface area contributed by atoms with E-state index in [4.69, 9.17) is 9.26 Å². The second-order valence-electron chi connectivity index (χ2n) is 6.52. The van der Waals surface area contributed by atoms with Crippen molar-refractivity contribution < 1.29 is 23.2 Å². The van der Waals surface area contributed by atoms with E-state index in [1.807, 2.05) is 13.8 Å². The maximum absolute atomic E-state index is 15.1. The first-order valence-electron chi connectivity index (χ1n) is 8.02. The van der Waals surface area contributed by atoms with Crippen LogP contribution in [0.25, 0.3) is 11.0 Å². The summed E-state index contributed by atoms with van der Waals surface area (Å²) in [6.07, 6.45) is 0.387. The molecule has 1 saturated heterocycles. The van der Waals surface area contributed by atoms with E-state index >= 15 is 4.39 Å². The van der Waals surface area contributed by atoms with E-state index in [0.29, 0.717) is 19.4 Å². The maximum atomic E-state index is 15.1. The third kappa shape index (κ3) is 2.97. The van der Waals surface area contributed by atoms with Crippen LogP contribution in [0, 0.1) is 5.82 Å². The molecule has 0 radical (unpaired) electrons. The first kappa shape index (κ1) is 17.3. The topological polar surface area (TPSA) is 75.9 Å². The Kier molecular flexibility index (Phi) is 4.47. The minimum Gasteiger partial charge on any atom is -0.372 e. The Bertz CT molecular complexity index is 823. The van der Waals surface area contributed by atoms with Gasteiger partial charge in [0.2, 0.25) is 5.58 Å². The summed E-state index contributed by atoms with van der Waals surface area (Å²) >= 11 is 0. The predicted octanol–water partition coefficient (Wildman–Crippen LogP) is 2.09. The monoisotopic (exact) mass is 349 g/mol. The number of morpholine rings is 1. The molecule has 0 bridgehead atoms. The molecule has 1 fully saturated rings. The lowest BCUT2D eigenvalue weighted by atomic mass is 10.1. The molecule has 2 heterocycles. The number of ether oxygens (including phenoxy) is 1. The number of halogens is 1. The van der Waals surface area contributed by atoms with Crippen molar-refractivity contribution in [2.75, 3.05) is 32.1 Å². The van der Waals surface area contributed by atoms with Crippen LogP contribution in [0.4, 0.5) is 10.1 Å². The molecule has 1 aliphatic rings. The molecule has 0 N–H and O–H groups in total. The van der Waals surface area contributed by atoms with Crippen molar-refractivity contribution in [1.29, 1.82) is 0 Å². The molecule has 1 aliphatic heterocycles. The fourth-order valence-corrected chi connectivity index (χ4v) is 3.19. The Morgan fingerprint density at radius 1 is 1.36 bits per heavy atom. The number of hydrogen-bond donors (Lipinski definition) is 0. The number of carbonyl (C=O) groups is 2. The zero-order valence-corrected chi connectivity index (χ0v) is 14.6. The van der Waals surface area contributed by atoms with Gasteiger partial charge in [0, 0.05) is 32.7 Å². The molecule has 1 aromatic carbocycles. The number of hydrogen-bond acceptors (Lipinski definition) is 6. The molecule has 3 rings (SSSR count). The highest BCUT2D eigenvalue weighted by atomic mass is 19.1. The molecule has 2 atom stereocenters. The second-order valence-corrected chi connectivity index (χ2v) is 6.52. The van der Waals surface area contributed by atoms with E-state index in [2.05, 4.69) is 5.16 Å². The average molecular weight is 349 g/mol. The fraction of sp³-hybridized carbons (Fsp3) is 0.471. The quantitative estimate of drug-likeness (QED) is 0.790. The Morgan fingerprint density at radius 3 is 2.56 bits per heavy atom. The van der Waals surface area contributed by atoms with Crippen LogP contribution in [0.3, 0.4) is 0 Å². The largest absolute Gasteiger partial charge is 0.372 e. The van der Waals surface area contributed by atoms with Gasteiger partial charge in [-0.2, -0.15) is 0 Å². The van der Waals surface area contributed by atoms with Gasteiger partial charge in [-0.15, -0.1) is 0 Å².